The molecule has 0 spiro atoms. The van der Waals surface area contributed by atoms with Crippen LogP contribution in [0.1, 0.15) is 46.5 Å². The van der Waals surface area contributed by atoms with Crippen LogP contribution in [0.2, 0.25) is 0 Å². The zero-order valence-electron chi connectivity index (χ0n) is 10.5. The van der Waals surface area contributed by atoms with Gasteiger partial charge in [0, 0.05) is 6.04 Å². The topological polar surface area (TPSA) is 38.3 Å². The van der Waals surface area contributed by atoms with E-state index < -0.39 is 5.60 Å². The summed E-state index contributed by atoms with van der Waals surface area (Å²) in [5.74, 6) is 1.68. The highest BCUT2D eigenvalue weighted by Crippen LogP contribution is 2.25. The van der Waals surface area contributed by atoms with Crippen molar-refractivity contribution < 1.29 is 9.53 Å². The fraction of sp³-hybridized carbons (Fsp3) is 0.917. The van der Waals surface area contributed by atoms with Crippen LogP contribution in [0.3, 0.4) is 0 Å². The van der Waals surface area contributed by atoms with Crippen LogP contribution in [-0.2, 0) is 4.74 Å². The maximum absolute atomic E-state index is 11.5. The van der Waals surface area contributed by atoms with Gasteiger partial charge in [-0.1, -0.05) is 0 Å². The average Bonchev–Trinajstić information content (AvgIpc) is 2.16. The predicted molar refractivity (Wildman–Crippen MR) is 69.0 cm³/mol. The summed E-state index contributed by atoms with van der Waals surface area (Å²) in [6.07, 6.45) is 4.12. The maximum atomic E-state index is 11.5. The fourth-order valence-corrected chi connectivity index (χ4v) is 2.33. The van der Waals surface area contributed by atoms with E-state index in [2.05, 4.69) is 17.9 Å². The number of carbonyl (C=O) groups is 1. The smallest absolute Gasteiger partial charge is 0.407 e. The Balaban J connectivity index is 2.26. The van der Waals surface area contributed by atoms with Gasteiger partial charge in [-0.25, -0.2) is 4.79 Å². The third kappa shape index (κ3) is 5.10. The number of alkyl carbamates (subject to hydrolysis) is 1. The third-order valence-corrected chi connectivity index (χ3v) is 3.34. The van der Waals surface area contributed by atoms with Crippen LogP contribution >= 0.6 is 12.6 Å². The van der Waals surface area contributed by atoms with Crippen molar-refractivity contribution in [2.75, 3.05) is 5.75 Å². The molecular weight excluding hydrogens is 222 g/mol. The van der Waals surface area contributed by atoms with E-state index in [9.17, 15) is 4.79 Å². The molecule has 1 N–H and O–H groups in total. The Morgan fingerprint density at radius 2 is 1.88 bits per heavy atom. The number of hydrogen-bond acceptors (Lipinski definition) is 3. The molecule has 1 saturated carbocycles. The Labute approximate surface area is 104 Å². The second-order valence-electron chi connectivity index (χ2n) is 5.55. The van der Waals surface area contributed by atoms with Crippen LogP contribution in [-0.4, -0.2) is 23.5 Å². The van der Waals surface area contributed by atoms with Crippen LogP contribution in [0, 0.1) is 5.92 Å². The monoisotopic (exact) mass is 245 g/mol. The molecule has 0 aromatic carbocycles. The first-order valence-electron chi connectivity index (χ1n) is 6.01. The molecule has 0 aromatic rings. The molecule has 3 nitrogen and oxygen atoms in total. The highest BCUT2D eigenvalue weighted by atomic mass is 32.1. The van der Waals surface area contributed by atoms with Gasteiger partial charge < -0.3 is 10.1 Å². The van der Waals surface area contributed by atoms with Crippen molar-refractivity contribution in [3.8, 4) is 0 Å². The SMILES string of the molecule is CC(C)(C)OC(=O)NC1CCC(CS)CC1. The summed E-state index contributed by atoms with van der Waals surface area (Å²) in [6, 6.07) is 0.283. The first-order valence-corrected chi connectivity index (χ1v) is 6.64. The van der Waals surface area contributed by atoms with Gasteiger partial charge in [0.2, 0.25) is 0 Å². The zero-order valence-corrected chi connectivity index (χ0v) is 11.3. The lowest BCUT2D eigenvalue weighted by Crippen LogP contribution is -2.41. The lowest BCUT2D eigenvalue weighted by atomic mass is 9.87. The molecule has 0 unspecified atom stereocenters. The molecule has 1 aliphatic rings. The van der Waals surface area contributed by atoms with Gasteiger partial charge in [0.1, 0.15) is 5.60 Å². The second kappa shape index (κ2) is 5.80. The quantitative estimate of drug-likeness (QED) is 0.734. The third-order valence-electron chi connectivity index (χ3n) is 2.83. The number of carbonyl (C=O) groups excluding carboxylic acids is 1. The average molecular weight is 245 g/mol. The number of amides is 1. The van der Waals surface area contributed by atoms with E-state index in [1.165, 1.54) is 0 Å². The maximum Gasteiger partial charge on any atom is 0.407 e. The van der Waals surface area contributed by atoms with Crippen LogP contribution in [0.4, 0.5) is 4.79 Å². The van der Waals surface area contributed by atoms with Crippen LogP contribution < -0.4 is 5.32 Å². The van der Waals surface area contributed by atoms with Crippen molar-refractivity contribution in [1.29, 1.82) is 0 Å². The number of rotatable bonds is 2. The van der Waals surface area contributed by atoms with E-state index in [0.717, 1.165) is 37.4 Å². The van der Waals surface area contributed by atoms with Gasteiger partial charge in [-0.05, 0) is 58.1 Å². The molecule has 1 fully saturated rings. The minimum atomic E-state index is -0.410. The minimum Gasteiger partial charge on any atom is -0.444 e. The van der Waals surface area contributed by atoms with Crippen molar-refractivity contribution >= 4 is 18.7 Å². The summed E-state index contributed by atoms with van der Waals surface area (Å²) in [5.41, 5.74) is -0.410. The van der Waals surface area contributed by atoms with Gasteiger partial charge in [0.25, 0.3) is 0 Å². The molecule has 0 aliphatic heterocycles. The number of nitrogens with one attached hydrogen (secondary N) is 1. The van der Waals surface area contributed by atoms with E-state index in [1.54, 1.807) is 0 Å². The van der Waals surface area contributed by atoms with Crippen molar-refractivity contribution in [3.63, 3.8) is 0 Å². The van der Waals surface area contributed by atoms with Crippen LogP contribution in [0.25, 0.3) is 0 Å². The molecule has 1 rings (SSSR count). The Kier molecular flexibility index (Phi) is 4.96. The number of hydrogen-bond donors (Lipinski definition) is 2. The second-order valence-corrected chi connectivity index (χ2v) is 5.91. The standard InChI is InChI=1S/C12H23NO2S/c1-12(2,3)15-11(14)13-10-6-4-9(8-16)5-7-10/h9-10,16H,4-8H2,1-3H3,(H,13,14). The predicted octanol–water partition coefficient (Wildman–Crippen LogP) is 3.00. The Morgan fingerprint density at radius 3 is 2.31 bits per heavy atom. The minimum absolute atomic E-state index is 0.283. The summed E-state index contributed by atoms with van der Waals surface area (Å²) >= 11 is 4.31. The Morgan fingerprint density at radius 1 is 1.31 bits per heavy atom. The normalized spacial score (nSPS) is 26.2. The summed E-state index contributed by atoms with van der Waals surface area (Å²) < 4.78 is 5.23. The van der Waals surface area contributed by atoms with Gasteiger partial charge in [0.15, 0.2) is 0 Å². The lowest BCUT2D eigenvalue weighted by molar-refractivity contribution is 0.0488. The van der Waals surface area contributed by atoms with Crippen LogP contribution in [0.5, 0.6) is 0 Å². The number of ether oxygens (including phenoxy) is 1. The fourth-order valence-electron chi connectivity index (χ4n) is 1.96. The molecule has 0 bridgehead atoms. The first kappa shape index (κ1) is 13.7. The highest BCUT2D eigenvalue weighted by molar-refractivity contribution is 7.80. The van der Waals surface area contributed by atoms with Crippen molar-refractivity contribution in [3.05, 3.63) is 0 Å². The lowest BCUT2D eigenvalue weighted by Gasteiger charge is -2.29. The van der Waals surface area contributed by atoms with Gasteiger partial charge in [-0.2, -0.15) is 12.6 Å². The Hall–Kier alpha value is -0.380. The molecule has 16 heavy (non-hydrogen) atoms. The molecule has 0 saturated heterocycles. The molecule has 1 aliphatic carbocycles. The van der Waals surface area contributed by atoms with Gasteiger partial charge in [-0.3, -0.25) is 0 Å². The molecule has 0 heterocycles. The van der Waals surface area contributed by atoms with Crippen molar-refractivity contribution in [1.82, 2.24) is 5.32 Å². The van der Waals surface area contributed by atoms with E-state index >= 15 is 0 Å². The van der Waals surface area contributed by atoms with E-state index in [1.807, 2.05) is 20.8 Å². The summed E-state index contributed by atoms with van der Waals surface area (Å²) in [4.78, 5) is 11.5. The molecule has 94 valence electrons. The van der Waals surface area contributed by atoms with E-state index in [4.69, 9.17) is 4.74 Å². The van der Waals surface area contributed by atoms with E-state index in [-0.39, 0.29) is 12.1 Å². The van der Waals surface area contributed by atoms with E-state index in [0.29, 0.717) is 0 Å². The molecule has 1 amide bonds. The summed E-state index contributed by atoms with van der Waals surface area (Å²) in [5, 5.41) is 2.93. The molecule has 0 atom stereocenters. The van der Waals surface area contributed by atoms with Crippen molar-refractivity contribution in [2.24, 2.45) is 5.92 Å². The molecular formula is C12H23NO2S. The summed E-state index contributed by atoms with van der Waals surface area (Å²) in [6.45, 7) is 5.64. The largest absolute Gasteiger partial charge is 0.444 e. The molecule has 0 aromatic heterocycles. The van der Waals surface area contributed by atoms with Gasteiger partial charge in [0.05, 0.1) is 0 Å². The Bertz CT molecular complexity index is 230. The molecule has 4 heteroatoms. The zero-order chi connectivity index (χ0) is 12.2. The van der Waals surface area contributed by atoms with Gasteiger partial charge in [-0.15, -0.1) is 0 Å². The van der Waals surface area contributed by atoms with Crippen molar-refractivity contribution in [2.45, 2.75) is 58.1 Å². The van der Waals surface area contributed by atoms with Crippen LogP contribution in [0.15, 0.2) is 0 Å². The highest BCUT2D eigenvalue weighted by Gasteiger charge is 2.23. The molecule has 0 radical (unpaired) electrons. The number of thiol groups is 1. The van der Waals surface area contributed by atoms with Gasteiger partial charge >= 0.3 is 6.09 Å². The first-order chi connectivity index (χ1) is 7.40. The summed E-state index contributed by atoms with van der Waals surface area (Å²) in [7, 11) is 0.